The summed E-state index contributed by atoms with van der Waals surface area (Å²) in [5.41, 5.74) is 1.21. The Kier molecular flexibility index (Phi) is 5.79. The third-order valence-electron chi connectivity index (χ3n) is 4.44. The van der Waals surface area contributed by atoms with E-state index in [1.807, 2.05) is 72.8 Å². The maximum atomic E-state index is 12.7. The van der Waals surface area contributed by atoms with E-state index < -0.39 is 10.0 Å². The number of aromatic hydroxyl groups is 1. The van der Waals surface area contributed by atoms with Gasteiger partial charge in [-0.2, -0.15) is 0 Å². The minimum absolute atomic E-state index is 0.127. The Morgan fingerprint density at radius 1 is 0.800 bits per heavy atom. The fourth-order valence-electron chi connectivity index (χ4n) is 3.03. The molecular formula is C24H19NO3S2. The molecule has 0 saturated heterocycles. The summed E-state index contributed by atoms with van der Waals surface area (Å²) >= 11 is 1.38. The first-order valence-corrected chi connectivity index (χ1v) is 11.6. The molecule has 6 heteroatoms. The van der Waals surface area contributed by atoms with Crippen LogP contribution in [0, 0.1) is 0 Å². The summed E-state index contributed by atoms with van der Waals surface area (Å²) in [5.74, 6) is 0.127. The smallest absolute Gasteiger partial charge is 0.255 e. The number of nitrogens with one attached hydrogen (secondary N) is 1. The van der Waals surface area contributed by atoms with Crippen LogP contribution in [0.25, 0.3) is 16.8 Å². The second kappa shape index (κ2) is 8.65. The quantitative estimate of drug-likeness (QED) is 0.360. The van der Waals surface area contributed by atoms with Gasteiger partial charge in [0.05, 0.1) is 16.0 Å². The van der Waals surface area contributed by atoms with Gasteiger partial charge in [-0.3, -0.25) is 4.72 Å². The van der Waals surface area contributed by atoms with Gasteiger partial charge in [-0.1, -0.05) is 84.6 Å². The Hall–Kier alpha value is -3.22. The predicted molar refractivity (Wildman–Crippen MR) is 124 cm³/mol. The van der Waals surface area contributed by atoms with E-state index in [0.717, 1.165) is 15.9 Å². The highest BCUT2D eigenvalue weighted by Gasteiger charge is 2.15. The Morgan fingerprint density at radius 2 is 1.40 bits per heavy atom. The van der Waals surface area contributed by atoms with Crippen LogP contribution in [-0.4, -0.2) is 13.5 Å². The Bertz CT molecular complexity index is 1300. The molecule has 30 heavy (non-hydrogen) atoms. The molecule has 150 valence electrons. The molecule has 4 aromatic rings. The molecule has 0 bridgehead atoms. The first-order valence-electron chi connectivity index (χ1n) is 9.25. The first kappa shape index (κ1) is 20.1. The van der Waals surface area contributed by atoms with E-state index in [-0.39, 0.29) is 5.75 Å². The second-order valence-electron chi connectivity index (χ2n) is 6.59. The van der Waals surface area contributed by atoms with Crippen molar-refractivity contribution in [3.8, 4) is 5.75 Å². The van der Waals surface area contributed by atoms with Gasteiger partial charge in [0.1, 0.15) is 5.75 Å². The molecule has 0 aromatic heterocycles. The second-order valence-corrected chi connectivity index (χ2v) is 9.27. The normalized spacial score (nSPS) is 11.7. The number of rotatable bonds is 6. The van der Waals surface area contributed by atoms with E-state index >= 15 is 0 Å². The standard InChI is InChI=1S/C24H19NO3S2/c26-24-21-14-8-7-13-20(21)22(17-23(24)29-19-11-5-2-6-12-19)25-30(27,28)16-15-18-9-3-1-4-10-18/h1-17,25-26H/b16-15+. The van der Waals surface area contributed by atoms with Crippen LogP contribution in [0.4, 0.5) is 5.69 Å². The van der Waals surface area contributed by atoms with Gasteiger partial charge >= 0.3 is 0 Å². The minimum atomic E-state index is -3.75. The third-order valence-corrected chi connectivity index (χ3v) is 6.48. The first-order chi connectivity index (χ1) is 14.5. The van der Waals surface area contributed by atoms with Gasteiger partial charge in [-0.15, -0.1) is 0 Å². The zero-order chi connectivity index (χ0) is 21.0. The van der Waals surface area contributed by atoms with Crippen molar-refractivity contribution >= 4 is 44.3 Å². The van der Waals surface area contributed by atoms with Crippen molar-refractivity contribution in [3.05, 3.63) is 102 Å². The molecule has 0 aliphatic rings. The Balaban J connectivity index is 1.72. The van der Waals surface area contributed by atoms with Crippen LogP contribution in [0.1, 0.15) is 5.56 Å². The summed E-state index contributed by atoms with van der Waals surface area (Å²) in [6, 6.07) is 27.7. The van der Waals surface area contributed by atoms with Gasteiger partial charge in [0.2, 0.25) is 0 Å². The molecule has 0 aliphatic heterocycles. The van der Waals surface area contributed by atoms with Gasteiger partial charge in [-0.05, 0) is 29.8 Å². The lowest BCUT2D eigenvalue weighted by atomic mass is 10.1. The van der Waals surface area contributed by atoms with Crippen molar-refractivity contribution in [1.82, 2.24) is 0 Å². The van der Waals surface area contributed by atoms with Gasteiger partial charge in [-0.25, -0.2) is 8.42 Å². The largest absolute Gasteiger partial charge is 0.506 e. The number of hydrogen-bond donors (Lipinski definition) is 2. The molecule has 0 unspecified atom stereocenters. The Morgan fingerprint density at radius 3 is 2.10 bits per heavy atom. The monoisotopic (exact) mass is 433 g/mol. The van der Waals surface area contributed by atoms with Crippen LogP contribution in [0.15, 0.2) is 106 Å². The molecule has 0 radical (unpaired) electrons. The van der Waals surface area contributed by atoms with Crippen molar-refractivity contribution in [2.24, 2.45) is 0 Å². The van der Waals surface area contributed by atoms with E-state index in [9.17, 15) is 13.5 Å². The van der Waals surface area contributed by atoms with E-state index in [0.29, 0.717) is 21.4 Å². The van der Waals surface area contributed by atoms with Crippen LogP contribution < -0.4 is 4.72 Å². The van der Waals surface area contributed by atoms with Crippen LogP contribution in [-0.2, 0) is 10.0 Å². The van der Waals surface area contributed by atoms with E-state index in [4.69, 9.17) is 0 Å². The van der Waals surface area contributed by atoms with Gasteiger partial charge < -0.3 is 5.11 Å². The van der Waals surface area contributed by atoms with Crippen LogP contribution in [0.2, 0.25) is 0 Å². The molecule has 0 aliphatic carbocycles. The molecular weight excluding hydrogens is 414 g/mol. The highest BCUT2D eigenvalue weighted by Crippen LogP contribution is 2.42. The highest BCUT2D eigenvalue weighted by molar-refractivity contribution is 7.99. The predicted octanol–water partition coefficient (Wildman–Crippen LogP) is 6.11. The molecule has 0 atom stereocenters. The summed E-state index contributed by atoms with van der Waals surface area (Å²) in [5, 5.41) is 13.1. The summed E-state index contributed by atoms with van der Waals surface area (Å²) < 4.78 is 28.1. The highest BCUT2D eigenvalue weighted by atomic mass is 32.2. The maximum absolute atomic E-state index is 12.7. The van der Waals surface area contributed by atoms with Gasteiger partial charge in [0, 0.05) is 15.7 Å². The van der Waals surface area contributed by atoms with Crippen molar-refractivity contribution < 1.29 is 13.5 Å². The third kappa shape index (κ3) is 4.67. The molecule has 0 amide bonds. The van der Waals surface area contributed by atoms with Crippen molar-refractivity contribution in [2.45, 2.75) is 9.79 Å². The summed E-state index contributed by atoms with van der Waals surface area (Å²) in [6.45, 7) is 0. The molecule has 0 saturated carbocycles. The fourth-order valence-corrected chi connectivity index (χ4v) is 4.84. The number of hydrogen-bond acceptors (Lipinski definition) is 4. The van der Waals surface area contributed by atoms with E-state index in [1.54, 1.807) is 24.3 Å². The number of anilines is 1. The summed E-state index contributed by atoms with van der Waals surface area (Å²) in [4.78, 5) is 1.52. The number of phenols is 1. The molecule has 0 fully saturated rings. The summed E-state index contributed by atoms with van der Waals surface area (Å²) in [6.07, 6.45) is 1.55. The SMILES string of the molecule is O=S(=O)(/C=C/c1ccccc1)Nc1cc(Sc2ccccc2)c(O)c2ccccc12. The van der Waals surface area contributed by atoms with Crippen molar-refractivity contribution in [2.75, 3.05) is 4.72 Å². The van der Waals surface area contributed by atoms with Crippen molar-refractivity contribution in [3.63, 3.8) is 0 Å². The van der Waals surface area contributed by atoms with Crippen LogP contribution in [0.3, 0.4) is 0 Å². The zero-order valence-electron chi connectivity index (χ0n) is 15.9. The Labute approximate surface area is 179 Å². The van der Waals surface area contributed by atoms with Crippen LogP contribution in [0.5, 0.6) is 5.75 Å². The molecule has 4 rings (SSSR count). The number of benzene rings is 4. The number of sulfonamides is 1. The van der Waals surface area contributed by atoms with Gasteiger partial charge in [0.15, 0.2) is 0 Å². The zero-order valence-corrected chi connectivity index (χ0v) is 17.5. The molecule has 4 nitrogen and oxygen atoms in total. The van der Waals surface area contributed by atoms with Gasteiger partial charge in [0.25, 0.3) is 10.0 Å². The molecule has 2 N–H and O–H groups in total. The van der Waals surface area contributed by atoms with E-state index in [2.05, 4.69) is 4.72 Å². The number of fused-ring (bicyclic) bond motifs is 1. The average Bonchev–Trinajstić information content (AvgIpc) is 2.77. The lowest BCUT2D eigenvalue weighted by Crippen LogP contribution is -2.09. The van der Waals surface area contributed by atoms with E-state index in [1.165, 1.54) is 11.8 Å². The molecule has 0 heterocycles. The average molecular weight is 434 g/mol. The minimum Gasteiger partial charge on any atom is -0.506 e. The molecule has 0 spiro atoms. The van der Waals surface area contributed by atoms with Crippen molar-refractivity contribution in [1.29, 1.82) is 0 Å². The number of phenolic OH excluding ortho intramolecular Hbond substituents is 1. The lowest BCUT2D eigenvalue weighted by molar-refractivity contribution is 0.469. The molecule has 4 aromatic carbocycles. The summed E-state index contributed by atoms with van der Waals surface area (Å²) in [7, 11) is -3.75. The topological polar surface area (TPSA) is 66.4 Å². The maximum Gasteiger partial charge on any atom is 0.255 e. The fraction of sp³-hybridized carbons (Fsp3) is 0. The lowest BCUT2D eigenvalue weighted by Gasteiger charge is -2.14. The van der Waals surface area contributed by atoms with Crippen LogP contribution >= 0.6 is 11.8 Å².